The Balaban J connectivity index is 3.39. The standard InChI is InChI=1S/C21H36O/c1-4-5-6-7-8-9-10-11-12-13-14-15-16-17-18-19-21(22)20(2)3/h8-9,11-12,15-16,20H,4-7,10,13-14,17-19H2,1-3H3/b9-8-,12-11-,16-15-. The molecule has 0 radical (unpaired) electrons. The van der Waals surface area contributed by atoms with Gasteiger partial charge in [0.25, 0.3) is 0 Å². The first-order valence-electron chi connectivity index (χ1n) is 9.16. The van der Waals surface area contributed by atoms with Crippen LogP contribution in [0.2, 0.25) is 0 Å². The zero-order valence-electron chi connectivity index (χ0n) is 15.0. The molecule has 0 aliphatic carbocycles. The molecule has 0 aromatic rings. The van der Waals surface area contributed by atoms with Crippen LogP contribution in [0.3, 0.4) is 0 Å². The summed E-state index contributed by atoms with van der Waals surface area (Å²) in [5, 5.41) is 0. The largest absolute Gasteiger partial charge is 0.299 e. The van der Waals surface area contributed by atoms with Gasteiger partial charge in [-0.15, -0.1) is 0 Å². The molecule has 0 aliphatic rings. The van der Waals surface area contributed by atoms with Crippen LogP contribution in [0, 0.1) is 5.92 Å². The fraction of sp³-hybridized carbons (Fsp3) is 0.667. The van der Waals surface area contributed by atoms with Crippen LogP contribution >= 0.6 is 0 Å². The molecule has 0 rings (SSSR count). The van der Waals surface area contributed by atoms with E-state index in [1.807, 2.05) is 13.8 Å². The molecule has 0 unspecified atom stereocenters. The van der Waals surface area contributed by atoms with Gasteiger partial charge in [0.05, 0.1) is 0 Å². The Morgan fingerprint density at radius 3 is 1.95 bits per heavy atom. The van der Waals surface area contributed by atoms with Crippen LogP contribution < -0.4 is 0 Å². The van der Waals surface area contributed by atoms with Crippen molar-refractivity contribution in [2.45, 2.75) is 85.0 Å². The van der Waals surface area contributed by atoms with Crippen molar-refractivity contribution in [1.82, 2.24) is 0 Å². The average molecular weight is 305 g/mol. The van der Waals surface area contributed by atoms with Crippen molar-refractivity contribution in [3.8, 4) is 0 Å². The minimum atomic E-state index is 0.190. The van der Waals surface area contributed by atoms with E-state index >= 15 is 0 Å². The Morgan fingerprint density at radius 1 is 0.773 bits per heavy atom. The van der Waals surface area contributed by atoms with Gasteiger partial charge in [0, 0.05) is 12.3 Å². The van der Waals surface area contributed by atoms with Crippen LogP contribution in [0.4, 0.5) is 0 Å². The van der Waals surface area contributed by atoms with Gasteiger partial charge in [-0.2, -0.15) is 0 Å². The number of Topliss-reactive ketones (excluding diaryl/α,β-unsaturated/α-hetero) is 1. The third kappa shape index (κ3) is 15.3. The molecule has 1 heteroatoms. The lowest BCUT2D eigenvalue weighted by Crippen LogP contribution is -2.05. The number of rotatable bonds is 14. The van der Waals surface area contributed by atoms with E-state index < -0.39 is 0 Å². The lowest BCUT2D eigenvalue weighted by atomic mass is 10.0. The summed E-state index contributed by atoms with van der Waals surface area (Å²) in [6.45, 7) is 6.20. The molecule has 0 N–H and O–H groups in total. The van der Waals surface area contributed by atoms with Gasteiger partial charge >= 0.3 is 0 Å². The highest BCUT2D eigenvalue weighted by atomic mass is 16.1. The highest BCUT2D eigenvalue weighted by Crippen LogP contribution is 2.05. The number of carbonyl (C=O) groups excluding carboxylic acids is 1. The first-order chi connectivity index (χ1) is 10.7. The number of hydrogen-bond acceptors (Lipinski definition) is 1. The summed E-state index contributed by atoms with van der Waals surface area (Å²) in [7, 11) is 0. The van der Waals surface area contributed by atoms with Gasteiger partial charge in [-0.05, 0) is 44.9 Å². The van der Waals surface area contributed by atoms with Crippen LogP contribution in [-0.2, 0) is 4.79 Å². The molecule has 0 bridgehead atoms. The predicted octanol–water partition coefficient (Wildman–Crippen LogP) is 6.80. The number of hydrogen-bond donors (Lipinski definition) is 0. The fourth-order valence-corrected chi connectivity index (χ4v) is 2.13. The average Bonchev–Trinajstić information content (AvgIpc) is 2.50. The molecule has 22 heavy (non-hydrogen) atoms. The minimum absolute atomic E-state index is 0.190. The van der Waals surface area contributed by atoms with Gasteiger partial charge in [-0.25, -0.2) is 0 Å². The second-order valence-electron chi connectivity index (χ2n) is 6.24. The van der Waals surface area contributed by atoms with Crippen LogP contribution in [0.25, 0.3) is 0 Å². The zero-order valence-corrected chi connectivity index (χ0v) is 15.0. The van der Waals surface area contributed by atoms with Gasteiger partial charge in [0.1, 0.15) is 5.78 Å². The molecule has 0 atom stereocenters. The highest BCUT2D eigenvalue weighted by Gasteiger charge is 2.04. The van der Waals surface area contributed by atoms with Crippen molar-refractivity contribution in [3.05, 3.63) is 36.5 Å². The SMILES string of the molecule is CCCCC/C=C\C/C=C\CC/C=C\CCCC(=O)C(C)C. The van der Waals surface area contributed by atoms with Crippen molar-refractivity contribution in [3.63, 3.8) is 0 Å². The molecule has 1 nitrogen and oxygen atoms in total. The van der Waals surface area contributed by atoms with E-state index in [4.69, 9.17) is 0 Å². The summed E-state index contributed by atoms with van der Waals surface area (Å²) in [5.74, 6) is 0.578. The Kier molecular flexibility index (Phi) is 15.4. The molecule has 0 fully saturated rings. The first kappa shape index (κ1) is 20.9. The van der Waals surface area contributed by atoms with E-state index in [9.17, 15) is 4.79 Å². The predicted molar refractivity (Wildman–Crippen MR) is 99.1 cm³/mol. The number of allylic oxidation sites excluding steroid dienone is 6. The highest BCUT2D eigenvalue weighted by molar-refractivity contribution is 5.80. The smallest absolute Gasteiger partial charge is 0.135 e. The van der Waals surface area contributed by atoms with Gasteiger partial charge in [0.15, 0.2) is 0 Å². The molecule has 0 aliphatic heterocycles. The van der Waals surface area contributed by atoms with Crippen molar-refractivity contribution in [1.29, 1.82) is 0 Å². The summed E-state index contributed by atoms with van der Waals surface area (Å²) < 4.78 is 0. The summed E-state index contributed by atoms with van der Waals surface area (Å²) in [6.07, 6.45) is 24.8. The topological polar surface area (TPSA) is 17.1 Å². The fourth-order valence-electron chi connectivity index (χ4n) is 2.13. The van der Waals surface area contributed by atoms with Crippen molar-refractivity contribution < 1.29 is 4.79 Å². The van der Waals surface area contributed by atoms with Crippen LogP contribution in [0.15, 0.2) is 36.5 Å². The van der Waals surface area contributed by atoms with Gasteiger partial charge in [-0.1, -0.05) is 70.1 Å². The maximum atomic E-state index is 11.4. The summed E-state index contributed by atoms with van der Waals surface area (Å²) in [5.41, 5.74) is 0. The molecular formula is C21H36O. The van der Waals surface area contributed by atoms with Crippen molar-refractivity contribution in [2.24, 2.45) is 5.92 Å². The molecule has 0 heterocycles. The van der Waals surface area contributed by atoms with E-state index in [2.05, 4.69) is 43.4 Å². The Bertz CT molecular complexity index is 334. The van der Waals surface area contributed by atoms with E-state index in [1.54, 1.807) is 0 Å². The van der Waals surface area contributed by atoms with Gasteiger partial charge in [0.2, 0.25) is 0 Å². The minimum Gasteiger partial charge on any atom is -0.299 e. The van der Waals surface area contributed by atoms with E-state index in [1.165, 1.54) is 25.7 Å². The molecule has 0 spiro atoms. The van der Waals surface area contributed by atoms with Crippen LogP contribution in [-0.4, -0.2) is 5.78 Å². The molecule has 126 valence electrons. The monoisotopic (exact) mass is 304 g/mol. The second kappa shape index (κ2) is 16.3. The van der Waals surface area contributed by atoms with Gasteiger partial charge in [-0.3, -0.25) is 4.79 Å². The van der Waals surface area contributed by atoms with E-state index in [0.29, 0.717) is 5.78 Å². The normalized spacial score (nSPS) is 12.4. The number of unbranched alkanes of at least 4 members (excludes halogenated alkanes) is 5. The third-order valence-electron chi connectivity index (χ3n) is 3.68. The maximum Gasteiger partial charge on any atom is 0.135 e. The first-order valence-corrected chi connectivity index (χ1v) is 9.16. The van der Waals surface area contributed by atoms with Crippen molar-refractivity contribution >= 4 is 5.78 Å². The molecule has 0 saturated heterocycles. The third-order valence-corrected chi connectivity index (χ3v) is 3.68. The maximum absolute atomic E-state index is 11.4. The Hall–Kier alpha value is -1.11. The zero-order chi connectivity index (χ0) is 16.5. The van der Waals surface area contributed by atoms with E-state index in [-0.39, 0.29) is 5.92 Å². The second-order valence-corrected chi connectivity index (χ2v) is 6.24. The molecular weight excluding hydrogens is 268 g/mol. The summed E-state index contributed by atoms with van der Waals surface area (Å²) in [6, 6.07) is 0. The van der Waals surface area contributed by atoms with E-state index in [0.717, 1.165) is 38.5 Å². The summed E-state index contributed by atoms with van der Waals surface area (Å²) in [4.78, 5) is 11.4. The molecule has 0 saturated carbocycles. The van der Waals surface area contributed by atoms with Gasteiger partial charge < -0.3 is 0 Å². The number of ketones is 1. The molecule has 0 amide bonds. The molecule has 0 aromatic heterocycles. The lowest BCUT2D eigenvalue weighted by Gasteiger charge is -2.01. The lowest BCUT2D eigenvalue weighted by molar-refractivity contribution is -0.121. The Labute approximate surface area is 138 Å². The van der Waals surface area contributed by atoms with Crippen LogP contribution in [0.5, 0.6) is 0 Å². The quantitative estimate of drug-likeness (QED) is 0.255. The van der Waals surface area contributed by atoms with Crippen molar-refractivity contribution in [2.75, 3.05) is 0 Å². The van der Waals surface area contributed by atoms with Crippen LogP contribution in [0.1, 0.15) is 85.0 Å². The molecule has 0 aromatic carbocycles. The number of carbonyl (C=O) groups is 1. The summed E-state index contributed by atoms with van der Waals surface area (Å²) >= 11 is 0. The Morgan fingerprint density at radius 2 is 1.32 bits per heavy atom.